The molecule has 1 saturated heterocycles. The van der Waals surface area contributed by atoms with Crippen molar-refractivity contribution in [1.29, 1.82) is 0 Å². The van der Waals surface area contributed by atoms with Crippen LogP contribution in [0.1, 0.15) is 18.4 Å². The predicted molar refractivity (Wildman–Crippen MR) is 84.7 cm³/mol. The third kappa shape index (κ3) is 4.98. The Morgan fingerprint density at radius 1 is 1.30 bits per heavy atom. The third-order valence-electron chi connectivity index (χ3n) is 3.57. The molecule has 2 rings (SSSR count). The van der Waals surface area contributed by atoms with Gasteiger partial charge in [-0.3, -0.25) is 9.59 Å². The quantitative estimate of drug-likeness (QED) is 0.731. The van der Waals surface area contributed by atoms with Gasteiger partial charge in [-0.15, -0.1) is 0 Å². The number of nitrogens with one attached hydrogen (secondary N) is 2. The van der Waals surface area contributed by atoms with Gasteiger partial charge in [0.05, 0.1) is 0 Å². The summed E-state index contributed by atoms with van der Waals surface area (Å²) in [7, 11) is 3.91. The molecule has 1 aliphatic heterocycles. The zero-order chi connectivity index (χ0) is 16.8. The van der Waals surface area contributed by atoms with E-state index in [-0.39, 0.29) is 18.4 Å². The van der Waals surface area contributed by atoms with Gasteiger partial charge in [0.2, 0.25) is 5.91 Å². The fourth-order valence-corrected chi connectivity index (χ4v) is 2.19. The summed E-state index contributed by atoms with van der Waals surface area (Å²) in [6.45, 7) is 0.0191. The second-order valence-electron chi connectivity index (χ2n) is 5.60. The lowest BCUT2D eigenvalue weighted by molar-refractivity contribution is -0.150. The molecule has 2 N–H and O–H groups in total. The first kappa shape index (κ1) is 16.8. The van der Waals surface area contributed by atoms with Gasteiger partial charge < -0.3 is 20.3 Å². The summed E-state index contributed by atoms with van der Waals surface area (Å²) < 4.78 is 4.90. The Labute approximate surface area is 135 Å². The van der Waals surface area contributed by atoms with Gasteiger partial charge in [-0.2, -0.15) is 0 Å². The van der Waals surface area contributed by atoms with Crippen LogP contribution in [-0.4, -0.2) is 44.5 Å². The Balaban J connectivity index is 1.70. The first-order valence-corrected chi connectivity index (χ1v) is 7.44. The highest BCUT2D eigenvalue weighted by molar-refractivity contribution is 5.89. The Morgan fingerprint density at radius 2 is 2.00 bits per heavy atom. The Hall–Kier alpha value is -2.57. The molecule has 0 unspecified atom stereocenters. The van der Waals surface area contributed by atoms with Gasteiger partial charge in [-0.05, 0) is 24.1 Å². The molecule has 124 valence electrons. The van der Waals surface area contributed by atoms with Crippen molar-refractivity contribution in [1.82, 2.24) is 10.6 Å². The average molecular weight is 319 g/mol. The van der Waals surface area contributed by atoms with E-state index in [2.05, 4.69) is 10.6 Å². The van der Waals surface area contributed by atoms with Gasteiger partial charge in [0, 0.05) is 32.7 Å². The number of esters is 1. The molecule has 0 aromatic heterocycles. The van der Waals surface area contributed by atoms with Crippen LogP contribution in [-0.2, 0) is 25.7 Å². The van der Waals surface area contributed by atoms with Crippen LogP contribution < -0.4 is 15.5 Å². The van der Waals surface area contributed by atoms with Crippen molar-refractivity contribution in [3.05, 3.63) is 29.8 Å². The molecule has 23 heavy (non-hydrogen) atoms. The molecule has 0 aliphatic carbocycles. The number of anilines is 1. The molecule has 0 bridgehead atoms. The van der Waals surface area contributed by atoms with Crippen molar-refractivity contribution in [3.8, 4) is 0 Å². The molecule has 1 aromatic carbocycles. The van der Waals surface area contributed by atoms with Crippen LogP contribution in [0.3, 0.4) is 0 Å². The fraction of sp³-hybridized carbons (Fsp3) is 0.438. The first-order chi connectivity index (χ1) is 11.0. The highest BCUT2D eigenvalue weighted by Crippen LogP contribution is 2.12. The van der Waals surface area contributed by atoms with Crippen molar-refractivity contribution in [2.24, 2.45) is 0 Å². The average Bonchev–Trinajstić information content (AvgIpc) is 2.97. The van der Waals surface area contributed by atoms with E-state index in [1.807, 2.05) is 43.3 Å². The number of benzene rings is 1. The van der Waals surface area contributed by atoms with Crippen LogP contribution in [0, 0.1) is 0 Å². The summed E-state index contributed by atoms with van der Waals surface area (Å²) in [5.41, 5.74) is 2.03. The smallest absolute Gasteiger partial charge is 0.329 e. The molecule has 1 fully saturated rings. The number of carbonyl (C=O) groups is 3. The Kier molecular flexibility index (Phi) is 5.56. The topological polar surface area (TPSA) is 87.7 Å². The number of rotatable bonds is 6. The van der Waals surface area contributed by atoms with E-state index in [9.17, 15) is 14.4 Å². The lowest BCUT2D eigenvalue weighted by Crippen LogP contribution is -2.37. The number of hydrogen-bond donors (Lipinski definition) is 2. The molecule has 0 saturated carbocycles. The number of carbonyl (C=O) groups excluding carboxylic acids is 3. The number of nitrogens with zero attached hydrogens (tertiary/aromatic N) is 1. The minimum Gasteiger partial charge on any atom is -0.454 e. The molecular formula is C16H21N3O4. The minimum absolute atomic E-state index is 0.169. The summed E-state index contributed by atoms with van der Waals surface area (Å²) in [6, 6.07) is 7.15. The third-order valence-corrected chi connectivity index (χ3v) is 3.57. The molecule has 1 atom stereocenters. The van der Waals surface area contributed by atoms with E-state index >= 15 is 0 Å². The van der Waals surface area contributed by atoms with Crippen molar-refractivity contribution < 1.29 is 19.1 Å². The molecule has 1 aromatic rings. The van der Waals surface area contributed by atoms with Crippen LogP contribution in [0.25, 0.3) is 0 Å². The summed E-state index contributed by atoms with van der Waals surface area (Å²) in [5, 5.41) is 5.19. The number of amides is 2. The molecule has 2 amide bonds. The van der Waals surface area contributed by atoms with Crippen LogP contribution >= 0.6 is 0 Å². The molecular weight excluding hydrogens is 298 g/mol. The first-order valence-electron chi connectivity index (χ1n) is 7.44. The Bertz CT molecular complexity index is 583. The van der Waals surface area contributed by atoms with Gasteiger partial charge in [0.15, 0.2) is 6.61 Å². The van der Waals surface area contributed by atoms with Gasteiger partial charge in [-0.25, -0.2) is 4.79 Å². The van der Waals surface area contributed by atoms with E-state index in [0.29, 0.717) is 19.4 Å². The van der Waals surface area contributed by atoms with E-state index < -0.39 is 12.0 Å². The van der Waals surface area contributed by atoms with Crippen molar-refractivity contribution in [2.75, 3.05) is 25.6 Å². The van der Waals surface area contributed by atoms with E-state index in [4.69, 9.17) is 4.74 Å². The SMILES string of the molecule is CN(C)c1ccc(CNC(=O)COC(=O)[C@@H]2CCC(=O)N2)cc1. The van der Waals surface area contributed by atoms with Gasteiger partial charge in [0.1, 0.15) is 6.04 Å². The predicted octanol–water partition coefficient (Wildman–Crippen LogP) is 0.191. The highest BCUT2D eigenvalue weighted by Gasteiger charge is 2.28. The Morgan fingerprint density at radius 3 is 2.57 bits per heavy atom. The molecule has 7 heteroatoms. The maximum absolute atomic E-state index is 11.7. The lowest BCUT2D eigenvalue weighted by atomic mass is 10.2. The summed E-state index contributed by atoms with van der Waals surface area (Å²) >= 11 is 0. The van der Waals surface area contributed by atoms with E-state index in [0.717, 1.165) is 11.3 Å². The molecule has 0 spiro atoms. The molecule has 1 aliphatic rings. The second-order valence-corrected chi connectivity index (χ2v) is 5.60. The van der Waals surface area contributed by atoms with Crippen molar-refractivity contribution in [2.45, 2.75) is 25.4 Å². The zero-order valence-corrected chi connectivity index (χ0v) is 13.3. The van der Waals surface area contributed by atoms with Crippen LogP contribution in [0.2, 0.25) is 0 Å². The summed E-state index contributed by atoms with van der Waals surface area (Å²) in [5.74, 6) is -1.11. The second kappa shape index (κ2) is 7.62. The minimum atomic E-state index is -0.631. The van der Waals surface area contributed by atoms with Crippen LogP contribution in [0.5, 0.6) is 0 Å². The van der Waals surface area contributed by atoms with Crippen LogP contribution in [0.15, 0.2) is 24.3 Å². The summed E-state index contributed by atoms with van der Waals surface area (Å²) in [4.78, 5) is 36.4. The summed E-state index contributed by atoms with van der Waals surface area (Å²) in [6.07, 6.45) is 0.729. The van der Waals surface area contributed by atoms with E-state index in [1.54, 1.807) is 0 Å². The van der Waals surface area contributed by atoms with E-state index in [1.165, 1.54) is 0 Å². The highest BCUT2D eigenvalue weighted by atomic mass is 16.5. The number of ether oxygens (including phenoxy) is 1. The fourth-order valence-electron chi connectivity index (χ4n) is 2.19. The molecule has 1 heterocycles. The largest absolute Gasteiger partial charge is 0.454 e. The monoisotopic (exact) mass is 319 g/mol. The molecule has 0 radical (unpaired) electrons. The van der Waals surface area contributed by atoms with Crippen molar-refractivity contribution in [3.63, 3.8) is 0 Å². The standard InChI is InChI=1S/C16H21N3O4/c1-19(2)12-5-3-11(4-6-12)9-17-15(21)10-23-16(22)13-7-8-14(20)18-13/h3-6,13H,7-10H2,1-2H3,(H,17,21)(H,18,20)/t13-/m0/s1. The lowest BCUT2D eigenvalue weighted by Gasteiger charge is -2.13. The van der Waals surface area contributed by atoms with Gasteiger partial charge in [0.25, 0.3) is 5.91 Å². The molecule has 7 nitrogen and oxygen atoms in total. The normalized spacial score (nSPS) is 16.6. The van der Waals surface area contributed by atoms with Gasteiger partial charge >= 0.3 is 5.97 Å². The van der Waals surface area contributed by atoms with Crippen LogP contribution in [0.4, 0.5) is 5.69 Å². The van der Waals surface area contributed by atoms with Gasteiger partial charge in [-0.1, -0.05) is 12.1 Å². The maximum atomic E-state index is 11.7. The number of hydrogen-bond acceptors (Lipinski definition) is 5. The zero-order valence-electron chi connectivity index (χ0n) is 13.3. The van der Waals surface area contributed by atoms with Crippen molar-refractivity contribution >= 4 is 23.5 Å². The maximum Gasteiger partial charge on any atom is 0.329 e.